The minimum absolute atomic E-state index is 0.193. The summed E-state index contributed by atoms with van der Waals surface area (Å²) in [6.45, 7) is 5.90. The van der Waals surface area contributed by atoms with Crippen LogP contribution in [0, 0.1) is 11.3 Å². The van der Waals surface area contributed by atoms with Crippen molar-refractivity contribution in [1.82, 2.24) is 9.97 Å². The SMILES string of the molecule is COc1c(-c2ccc(N3C[C@@H](C)O[C@@H](C)C3)cn2)cnc2c(-c3ccc(C#N)cc3)cccc12. The zero-order chi connectivity index (χ0) is 23.7. The standard InChI is InChI=1S/C28H26N4O2/c1-18-16-32(17-19(2)34-18)22-11-12-26(30-14-22)25-15-31-27-23(5-4-6-24(27)28(25)33-3)21-9-7-20(13-29)8-10-21/h4-12,14-15,18-19H,16-17H2,1-3H3/t18-,19+. The number of aromatic nitrogens is 2. The van der Waals surface area contributed by atoms with E-state index in [0.717, 1.165) is 57.8 Å². The minimum Gasteiger partial charge on any atom is -0.495 e. The summed E-state index contributed by atoms with van der Waals surface area (Å²) in [5.74, 6) is 0.745. The molecule has 0 radical (unpaired) electrons. The normalized spacial score (nSPS) is 18.0. The predicted octanol–water partition coefficient (Wildman–Crippen LogP) is 5.46. The molecule has 5 rings (SSSR count). The minimum atomic E-state index is 0.193. The lowest BCUT2D eigenvalue weighted by Gasteiger charge is -2.36. The van der Waals surface area contributed by atoms with Crippen molar-refractivity contribution in [2.45, 2.75) is 26.1 Å². The monoisotopic (exact) mass is 450 g/mol. The van der Waals surface area contributed by atoms with Crippen LogP contribution in [0.3, 0.4) is 0 Å². The van der Waals surface area contributed by atoms with Crippen LogP contribution in [0.15, 0.2) is 67.0 Å². The summed E-state index contributed by atoms with van der Waals surface area (Å²) in [5, 5.41) is 10.0. The highest BCUT2D eigenvalue weighted by Crippen LogP contribution is 2.38. The number of para-hydroxylation sites is 1. The number of methoxy groups -OCH3 is 1. The highest BCUT2D eigenvalue weighted by molar-refractivity contribution is 6.00. The number of anilines is 1. The van der Waals surface area contributed by atoms with Crippen molar-refractivity contribution in [2.24, 2.45) is 0 Å². The molecule has 1 aliphatic heterocycles. The zero-order valence-electron chi connectivity index (χ0n) is 19.5. The number of benzene rings is 2. The van der Waals surface area contributed by atoms with E-state index in [0.29, 0.717) is 5.56 Å². The van der Waals surface area contributed by atoms with Crippen molar-refractivity contribution in [3.8, 4) is 34.2 Å². The van der Waals surface area contributed by atoms with Crippen LogP contribution in [0.4, 0.5) is 5.69 Å². The van der Waals surface area contributed by atoms with Crippen LogP contribution in [0.5, 0.6) is 5.75 Å². The van der Waals surface area contributed by atoms with E-state index in [2.05, 4.69) is 30.9 Å². The molecule has 6 nitrogen and oxygen atoms in total. The summed E-state index contributed by atoms with van der Waals surface area (Å²) in [7, 11) is 1.68. The molecule has 4 aromatic rings. The maximum absolute atomic E-state index is 9.10. The number of pyridine rings is 2. The Kier molecular flexibility index (Phi) is 5.87. The fourth-order valence-electron chi connectivity index (χ4n) is 4.68. The number of morpholine rings is 1. The Hall–Kier alpha value is -3.95. The number of nitriles is 1. The number of nitrogens with zero attached hydrogens (tertiary/aromatic N) is 4. The van der Waals surface area contributed by atoms with Gasteiger partial charge in [-0.3, -0.25) is 9.97 Å². The van der Waals surface area contributed by atoms with Crippen molar-refractivity contribution in [1.29, 1.82) is 5.26 Å². The van der Waals surface area contributed by atoms with E-state index in [9.17, 15) is 0 Å². The largest absolute Gasteiger partial charge is 0.495 e. The summed E-state index contributed by atoms with van der Waals surface area (Å²) in [6, 6.07) is 19.9. The Bertz CT molecular complexity index is 1350. The fraction of sp³-hybridized carbons (Fsp3) is 0.250. The van der Waals surface area contributed by atoms with E-state index in [1.54, 1.807) is 7.11 Å². The molecule has 0 N–H and O–H groups in total. The third-order valence-corrected chi connectivity index (χ3v) is 6.19. The van der Waals surface area contributed by atoms with E-state index in [-0.39, 0.29) is 12.2 Å². The van der Waals surface area contributed by atoms with Gasteiger partial charge in [-0.25, -0.2) is 0 Å². The summed E-state index contributed by atoms with van der Waals surface area (Å²) >= 11 is 0. The first-order valence-corrected chi connectivity index (χ1v) is 11.4. The Morgan fingerprint density at radius 3 is 2.35 bits per heavy atom. The molecule has 0 aliphatic carbocycles. The molecule has 0 bridgehead atoms. The predicted molar refractivity (Wildman–Crippen MR) is 134 cm³/mol. The van der Waals surface area contributed by atoms with Crippen molar-refractivity contribution in [2.75, 3.05) is 25.1 Å². The molecule has 1 saturated heterocycles. The smallest absolute Gasteiger partial charge is 0.139 e. The number of hydrogen-bond donors (Lipinski definition) is 0. The highest BCUT2D eigenvalue weighted by atomic mass is 16.5. The lowest BCUT2D eigenvalue weighted by atomic mass is 9.99. The van der Waals surface area contributed by atoms with Crippen LogP contribution in [-0.2, 0) is 4.74 Å². The fourth-order valence-corrected chi connectivity index (χ4v) is 4.68. The van der Waals surface area contributed by atoms with Crippen LogP contribution in [-0.4, -0.2) is 42.4 Å². The van der Waals surface area contributed by atoms with E-state index < -0.39 is 0 Å². The van der Waals surface area contributed by atoms with Gasteiger partial charge in [0.1, 0.15) is 5.75 Å². The molecule has 2 aromatic heterocycles. The van der Waals surface area contributed by atoms with Gasteiger partial charge in [-0.2, -0.15) is 5.26 Å². The molecule has 170 valence electrons. The Labute approximate surface area is 199 Å². The van der Waals surface area contributed by atoms with Gasteiger partial charge in [-0.05, 0) is 49.7 Å². The third kappa shape index (κ3) is 4.07. The summed E-state index contributed by atoms with van der Waals surface area (Å²) in [5.41, 5.74) is 6.22. The topological polar surface area (TPSA) is 71.3 Å². The van der Waals surface area contributed by atoms with E-state index in [1.165, 1.54) is 0 Å². The number of ether oxygens (including phenoxy) is 2. The average Bonchev–Trinajstić information content (AvgIpc) is 2.87. The van der Waals surface area contributed by atoms with E-state index in [1.807, 2.05) is 60.9 Å². The Morgan fingerprint density at radius 2 is 1.71 bits per heavy atom. The highest BCUT2D eigenvalue weighted by Gasteiger charge is 2.23. The quantitative estimate of drug-likeness (QED) is 0.411. The van der Waals surface area contributed by atoms with Gasteiger partial charge < -0.3 is 14.4 Å². The van der Waals surface area contributed by atoms with Crippen LogP contribution in [0.1, 0.15) is 19.4 Å². The molecule has 1 aliphatic rings. The number of fused-ring (bicyclic) bond motifs is 1. The Morgan fingerprint density at radius 1 is 0.941 bits per heavy atom. The van der Waals surface area contributed by atoms with Gasteiger partial charge in [0.15, 0.2) is 0 Å². The lowest BCUT2D eigenvalue weighted by Crippen LogP contribution is -2.45. The van der Waals surface area contributed by atoms with E-state index >= 15 is 0 Å². The van der Waals surface area contributed by atoms with Crippen molar-refractivity contribution >= 4 is 16.6 Å². The van der Waals surface area contributed by atoms with Gasteiger partial charge in [-0.15, -0.1) is 0 Å². The van der Waals surface area contributed by atoms with Crippen molar-refractivity contribution < 1.29 is 9.47 Å². The molecule has 1 fully saturated rings. The maximum atomic E-state index is 9.10. The number of rotatable bonds is 4. The Balaban J connectivity index is 1.52. The zero-order valence-corrected chi connectivity index (χ0v) is 19.5. The molecular formula is C28H26N4O2. The molecule has 6 heteroatoms. The second-order valence-electron chi connectivity index (χ2n) is 8.66. The molecule has 34 heavy (non-hydrogen) atoms. The van der Waals surface area contributed by atoms with Crippen LogP contribution in [0.25, 0.3) is 33.3 Å². The van der Waals surface area contributed by atoms with Gasteiger partial charge in [0, 0.05) is 30.2 Å². The number of hydrogen-bond acceptors (Lipinski definition) is 6. The van der Waals surface area contributed by atoms with E-state index in [4.69, 9.17) is 24.7 Å². The molecule has 2 aromatic carbocycles. The maximum Gasteiger partial charge on any atom is 0.139 e. The lowest BCUT2D eigenvalue weighted by molar-refractivity contribution is -0.00523. The second-order valence-corrected chi connectivity index (χ2v) is 8.66. The third-order valence-electron chi connectivity index (χ3n) is 6.19. The van der Waals surface area contributed by atoms with Crippen LogP contribution in [0.2, 0.25) is 0 Å². The summed E-state index contributed by atoms with van der Waals surface area (Å²) in [4.78, 5) is 11.9. The molecule has 0 amide bonds. The van der Waals surface area contributed by atoms with Crippen LogP contribution < -0.4 is 9.64 Å². The summed E-state index contributed by atoms with van der Waals surface area (Å²) in [6.07, 6.45) is 4.13. The second kappa shape index (κ2) is 9.12. The molecule has 0 saturated carbocycles. The first kappa shape index (κ1) is 21.9. The van der Waals surface area contributed by atoms with Crippen LogP contribution >= 0.6 is 0 Å². The van der Waals surface area contributed by atoms with Gasteiger partial charge in [0.2, 0.25) is 0 Å². The first-order valence-electron chi connectivity index (χ1n) is 11.4. The van der Waals surface area contributed by atoms with Crippen molar-refractivity contribution in [3.05, 3.63) is 72.6 Å². The first-order chi connectivity index (χ1) is 16.6. The molecule has 0 unspecified atom stereocenters. The molecule has 3 heterocycles. The molecular weight excluding hydrogens is 424 g/mol. The average molecular weight is 451 g/mol. The molecule has 0 spiro atoms. The van der Waals surface area contributed by atoms with Gasteiger partial charge >= 0.3 is 0 Å². The van der Waals surface area contributed by atoms with Gasteiger partial charge in [0.05, 0.1) is 59.6 Å². The summed E-state index contributed by atoms with van der Waals surface area (Å²) < 4.78 is 11.7. The van der Waals surface area contributed by atoms with Gasteiger partial charge in [0.25, 0.3) is 0 Å². The van der Waals surface area contributed by atoms with Gasteiger partial charge in [-0.1, -0.05) is 24.3 Å². The molecule has 2 atom stereocenters. The van der Waals surface area contributed by atoms with Crippen molar-refractivity contribution in [3.63, 3.8) is 0 Å².